The number of ether oxygens (including phenoxy) is 3. The van der Waals surface area contributed by atoms with E-state index in [9.17, 15) is 4.79 Å². The first kappa shape index (κ1) is 21.6. The number of nitrogens with one attached hydrogen (secondary N) is 1. The summed E-state index contributed by atoms with van der Waals surface area (Å²) < 4.78 is 15.9. The minimum atomic E-state index is -0.535. The minimum absolute atomic E-state index is 0.00313. The van der Waals surface area contributed by atoms with Crippen molar-refractivity contribution in [2.45, 2.75) is 13.5 Å². The molecular formula is C22H23N5O4. The van der Waals surface area contributed by atoms with Crippen LogP contribution in [-0.4, -0.2) is 34.6 Å². The van der Waals surface area contributed by atoms with E-state index < -0.39 is 5.97 Å². The number of esters is 1. The van der Waals surface area contributed by atoms with Crippen LogP contribution >= 0.6 is 0 Å². The van der Waals surface area contributed by atoms with Gasteiger partial charge in [-0.15, -0.1) is 0 Å². The van der Waals surface area contributed by atoms with Crippen LogP contribution in [0.25, 0.3) is 6.08 Å². The summed E-state index contributed by atoms with van der Waals surface area (Å²) >= 11 is 0. The van der Waals surface area contributed by atoms with Gasteiger partial charge in [-0.2, -0.15) is 15.0 Å². The Bertz CT molecular complexity index is 1050. The van der Waals surface area contributed by atoms with Gasteiger partial charge in [-0.05, 0) is 42.8 Å². The lowest BCUT2D eigenvalue weighted by Crippen LogP contribution is -2.10. The fraction of sp³-hybridized carbons (Fsp3) is 0.182. The standard InChI is InChI=1S/C22H23N5O4/c1-3-30-16-11-8-15(9-12-16)10-13-20(28)31-14-19-25-21(23)27-22(26-19)24-17-6-4-5-7-18(17)29-2/h4-13H,3,14H2,1-2H3,(H3,23,24,25,26,27)/b13-10+. The highest BCUT2D eigenvalue weighted by Crippen LogP contribution is 2.25. The molecule has 3 aromatic rings. The van der Waals surface area contributed by atoms with E-state index in [1.165, 1.54) is 6.08 Å². The lowest BCUT2D eigenvalue weighted by atomic mass is 10.2. The molecule has 0 bridgehead atoms. The van der Waals surface area contributed by atoms with E-state index in [0.717, 1.165) is 11.3 Å². The van der Waals surface area contributed by atoms with Gasteiger partial charge >= 0.3 is 5.97 Å². The van der Waals surface area contributed by atoms with Gasteiger partial charge in [0.05, 0.1) is 19.4 Å². The molecule has 0 aliphatic rings. The molecule has 0 aliphatic heterocycles. The van der Waals surface area contributed by atoms with Crippen LogP contribution in [0.4, 0.5) is 17.6 Å². The summed E-state index contributed by atoms with van der Waals surface area (Å²) in [5.41, 5.74) is 7.26. The summed E-state index contributed by atoms with van der Waals surface area (Å²) in [4.78, 5) is 24.3. The lowest BCUT2D eigenvalue weighted by Gasteiger charge is -2.10. The molecule has 0 fully saturated rings. The van der Waals surface area contributed by atoms with E-state index >= 15 is 0 Å². The number of nitrogens with zero attached hydrogens (tertiary/aromatic N) is 3. The Kier molecular flexibility index (Phi) is 7.36. The first-order valence-corrected chi connectivity index (χ1v) is 9.55. The van der Waals surface area contributed by atoms with Crippen LogP contribution in [0.1, 0.15) is 18.3 Å². The van der Waals surface area contributed by atoms with E-state index in [2.05, 4.69) is 20.3 Å². The van der Waals surface area contributed by atoms with Gasteiger partial charge in [0.15, 0.2) is 12.4 Å². The van der Waals surface area contributed by atoms with Gasteiger partial charge in [-0.3, -0.25) is 0 Å². The van der Waals surface area contributed by atoms with Gasteiger partial charge in [-0.25, -0.2) is 4.79 Å². The SMILES string of the molecule is CCOc1ccc(/C=C/C(=O)OCc2nc(N)nc(Nc3ccccc3OC)n2)cc1. The van der Waals surface area contributed by atoms with Crippen LogP contribution in [-0.2, 0) is 16.1 Å². The van der Waals surface area contributed by atoms with Crippen LogP contribution in [0.5, 0.6) is 11.5 Å². The summed E-state index contributed by atoms with van der Waals surface area (Å²) in [5.74, 6) is 1.29. The van der Waals surface area contributed by atoms with Crippen molar-refractivity contribution in [2.75, 3.05) is 24.8 Å². The summed E-state index contributed by atoms with van der Waals surface area (Å²) in [6.07, 6.45) is 2.97. The highest BCUT2D eigenvalue weighted by atomic mass is 16.5. The highest BCUT2D eigenvalue weighted by molar-refractivity contribution is 5.87. The number of aromatic nitrogens is 3. The van der Waals surface area contributed by atoms with E-state index in [4.69, 9.17) is 19.9 Å². The number of rotatable bonds is 9. The maximum absolute atomic E-state index is 12.0. The number of anilines is 3. The second-order valence-corrected chi connectivity index (χ2v) is 6.20. The third kappa shape index (κ3) is 6.43. The van der Waals surface area contributed by atoms with Gasteiger partial charge in [0.1, 0.15) is 11.5 Å². The van der Waals surface area contributed by atoms with Gasteiger partial charge < -0.3 is 25.3 Å². The number of benzene rings is 2. The molecule has 0 spiro atoms. The molecule has 0 saturated heterocycles. The predicted molar refractivity (Wildman–Crippen MR) is 117 cm³/mol. The summed E-state index contributed by atoms with van der Waals surface area (Å²) in [6, 6.07) is 14.6. The number of hydrogen-bond acceptors (Lipinski definition) is 9. The van der Waals surface area contributed by atoms with Crippen molar-refractivity contribution in [3.63, 3.8) is 0 Å². The van der Waals surface area contributed by atoms with Crippen molar-refractivity contribution < 1.29 is 19.0 Å². The predicted octanol–water partition coefficient (Wildman–Crippen LogP) is 3.36. The molecule has 2 aromatic carbocycles. The zero-order valence-electron chi connectivity index (χ0n) is 17.2. The Morgan fingerprint density at radius 2 is 1.87 bits per heavy atom. The fourth-order valence-corrected chi connectivity index (χ4v) is 2.62. The van der Waals surface area contributed by atoms with Crippen LogP contribution in [0.15, 0.2) is 54.6 Å². The molecule has 9 nitrogen and oxygen atoms in total. The van der Waals surface area contributed by atoms with Crippen LogP contribution in [0.2, 0.25) is 0 Å². The lowest BCUT2D eigenvalue weighted by molar-refractivity contribution is -0.139. The summed E-state index contributed by atoms with van der Waals surface area (Å²) in [6.45, 7) is 2.36. The molecule has 3 rings (SSSR count). The van der Waals surface area contributed by atoms with Crippen molar-refractivity contribution in [2.24, 2.45) is 0 Å². The molecule has 0 atom stereocenters. The first-order chi connectivity index (χ1) is 15.1. The van der Waals surface area contributed by atoms with Crippen LogP contribution in [0, 0.1) is 0 Å². The number of methoxy groups -OCH3 is 1. The maximum Gasteiger partial charge on any atom is 0.331 e. The van der Waals surface area contributed by atoms with Crippen molar-refractivity contribution in [1.82, 2.24) is 15.0 Å². The molecule has 31 heavy (non-hydrogen) atoms. The van der Waals surface area contributed by atoms with Gasteiger partial charge in [0, 0.05) is 6.08 Å². The van der Waals surface area contributed by atoms with Gasteiger partial charge in [0.25, 0.3) is 0 Å². The number of nitrogen functional groups attached to an aromatic ring is 1. The Hall–Kier alpha value is -4.14. The topological polar surface area (TPSA) is 121 Å². The number of carbonyl (C=O) groups is 1. The molecule has 9 heteroatoms. The average Bonchev–Trinajstić information content (AvgIpc) is 2.77. The Morgan fingerprint density at radius 3 is 2.61 bits per heavy atom. The third-order valence-corrected chi connectivity index (χ3v) is 4.00. The van der Waals surface area contributed by atoms with Crippen molar-refractivity contribution in [3.05, 3.63) is 66.0 Å². The van der Waals surface area contributed by atoms with Crippen LogP contribution < -0.4 is 20.5 Å². The van der Waals surface area contributed by atoms with Crippen molar-refractivity contribution in [3.8, 4) is 11.5 Å². The quantitative estimate of drug-likeness (QED) is 0.395. The van der Waals surface area contributed by atoms with Crippen molar-refractivity contribution in [1.29, 1.82) is 0 Å². The average molecular weight is 421 g/mol. The molecular weight excluding hydrogens is 398 g/mol. The molecule has 0 radical (unpaired) electrons. The molecule has 1 aromatic heterocycles. The monoisotopic (exact) mass is 421 g/mol. The second kappa shape index (κ2) is 10.6. The number of carbonyl (C=O) groups excluding carboxylic acids is 1. The Balaban J connectivity index is 1.60. The van der Waals surface area contributed by atoms with Crippen LogP contribution in [0.3, 0.4) is 0 Å². The third-order valence-electron chi connectivity index (χ3n) is 4.00. The fourth-order valence-electron chi connectivity index (χ4n) is 2.62. The van der Waals surface area contributed by atoms with Crippen molar-refractivity contribution >= 4 is 29.6 Å². The summed E-state index contributed by atoms with van der Waals surface area (Å²) in [5, 5.41) is 3.02. The van der Waals surface area contributed by atoms with E-state index in [0.29, 0.717) is 18.0 Å². The smallest absolute Gasteiger partial charge is 0.331 e. The Morgan fingerprint density at radius 1 is 1.10 bits per heavy atom. The van der Waals surface area contributed by atoms with Gasteiger partial charge in [0.2, 0.25) is 11.9 Å². The molecule has 0 unspecified atom stereocenters. The molecule has 0 amide bonds. The van der Waals surface area contributed by atoms with E-state index in [1.54, 1.807) is 19.3 Å². The molecule has 3 N–H and O–H groups in total. The Labute approximate surface area is 179 Å². The zero-order chi connectivity index (χ0) is 22.1. The molecule has 1 heterocycles. The zero-order valence-corrected chi connectivity index (χ0v) is 17.2. The number of hydrogen-bond donors (Lipinski definition) is 2. The molecule has 160 valence electrons. The van der Waals surface area contributed by atoms with E-state index in [-0.39, 0.29) is 24.3 Å². The molecule has 0 saturated carbocycles. The largest absolute Gasteiger partial charge is 0.495 e. The maximum atomic E-state index is 12.0. The second-order valence-electron chi connectivity index (χ2n) is 6.20. The minimum Gasteiger partial charge on any atom is -0.495 e. The molecule has 0 aliphatic carbocycles. The number of para-hydroxylation sites is 2. The number of nitrogens with two attached hydrogens (primary N) is 1. The highest BCUT2D eigenvalue weighted by Gasteiger charge is 2.09. The normalized spacial score (nSPS) is 10.6. The van der Waals surface area contributed by atoms with E-state index in [1.807, 2.05) is 49.4 Å². The van der Waals surface area contributed by atoms with Gasteiger partial charge in [-0.1, -0.05) is 24.3 Å². The summed E-state index contributed by atoms with van der Waals surface area (Å²) in [7, 11) is 1.56. The first-order valence-electron chi connectivity index (χ1n) is 9.55.